The minimum atomic E-state index is -0.0310. The molecule has 6 nitrogen and oxygen atoms in total. The molecule has 0 saturated heterocycles. The van der Waals surface area contributed by atoms with Crippen molar-refractivity contribution in [3.63, 3.8) is 0 Å². The Hall–Kier alpha value is -3.25. The highest BCUT2D eigenvalue weighted by Gasteiger charge is 2.24. The van der Waals surface area contributed by atoms with Crippen LogP contribution in [0.25, 0.3) is 17.3 Å². The molecule has 1 aromatic heterocycles. The van der Waals surface area contributed by atoms with E-state index < -0.39 is 0 Å². The molecule has 0 unspecified atom stereocenters. The lowest BCUT2D eigenvalue weighted by molar-refractivity contribution is -0.126. The van der Waals surface area contributed by atoms with Gasteiger partial charge in [-0.1, -0.05) is 29.8 Å². The van der Waals surface area contributed by atoms with Crippen LogP contribution in [-0.4, -0.2) is 34.3 Å². The monoisotopic (exact) mass is 407 g/mol. The molecule has 2 aliphatic heterocycles. The SMILES string of the molecule is O=C(C=Cc1ccc2c(c1)OCO2)N1CCc2[nH]nc(-c3ccc(Cl)cc3)c2C1. The second-order valence-electron chi connectivity index (χ2n) is 6.99. The summed E-state index contributed by atoms with van der Waals surface area (Å²) in [4.78, 5) is 14.6. The number of nitrogens with one attached hydrogen (secondary N) is 1. The van der Waals surface area contributed by atoms with E-state index in [0.717, 1.165) is 40.2 Å². The van der Waals surface area contributed by atoms with Crippen molar-refractivity contribution in [3.8, 4) is 22.8 Å². The predicted molar refractivity (Wildman–Crippen MR) is 110 cm³/mol. The Balaban J connectivity index is 1.33. The van der Waals surface area contributed by atoms with Gasteiger partial charge in [0.25, 0.3) is 0 Å². The van der Waals surface area contributed by atoms with Gasteiger partial charge in [0.2, 0.25) is 12.7 Å². The quantitative estimate of drug-likeness (QED) is 0.665. The maximum absolute atomic E-state index is 12.8. The molecule has 3 heterocycles. The molecule has 0 radical (unpaired) electrons. The molecule has 146 valence electrons. The van der Waals surface area contributed by atoms with Crippen LogP contribution in [0.2, 0.25) is 5.02 Å². The number of hydrogen-bond donors (Lipinski definition) is 1. The van der Waals surface area contributed by atoms with E-state index in [4.69, 9.17) is 21.1 Å². The highest BCUT2D eigenvalue weighted by atomic mass is 35.5. The van der Waals surface area contributed by atoms with Crippen LogP contribution >= 0.6 is 11.6 Å². The van der Waals surface area contributed by atoms with Gasteiger partial charge < -0.3 is 14.4 Å². The van der Waals surface area contributed by atoms with Crippen LogP contribution < -0.4 is 9.47 Å². The van der Waals surface area contributed by atoms with Crippen LogP contribution in [0.4, 0.5) is 0 Å². The van der Waals surface area contributed by atoms with Gasteiger partial charge in [-0.05, 0) is 35.9 Å². The summed E-state index contributed by atoms with van der Waals surface area (Å²) in [5, 5.41) is 8.27. The number of benzene rings is 2. The van der Waals surface area contributed by atoms with E-state index >= 15 is 0 Å². The van der Waals surface area contributed by atoms with Gasteiger partial charge in [-0.3, -0.25) is 9.89 Å². The first-order chi connectivity index (χ1) is 14.2. The Morgan fingerprint density at radius 1 is 1.14 bits per heavy atom. The van der Waals surface area contributed by atoms with E-state index in [2.05, 4.69) is 10.2 Å². The first kappa shape index (κ1) is 17.8. The summed E-state index contributed by atoms with van der Waals surface area (Å²) in [6, 6.07) is 13.2. The lowest BCUT2D eigenvalue weighted by Gasteiger charge is -2.26. The molecule has 5 rings (SSSR count). The highest BCUT2D eigenvalue weighted by molar-refractivity contribution is 6.30. The normalized spacial score (nSPS) is 15.0. The van der Waals surface area contributed by atoms with Crippen molar-refractivity contribution in [2.75, 3.05) is 13.3 Å². The van der Waals surface area contributed by atoms with Gasteiger partial charge in [-0.15, -0.1) is 0 Å². The van der Waals surface area contributed by atoms with Crippen LogP contribution in [-0.2, 0) is 17.8 Å². The zero-order valence-corrected chi connectivity index (χ0v) is 16.3. The predicted octanol–water partition coefficient (Wildman–Crippen LogP) is 4.06. The fraction of sp³-hybridized carbons (Fsp3) is 0.182. The molecule has 0 aliphatic carbocycles. The van der Waals surface area contributed by atoms with Crippen molar-refractivity contribution in [2.45, 2.75) is 13.0 Å². The summed E-state index contributed by atoms with van der Waals surface area (Å²) < 4.78 is 10.7. The van der Waals surface area contributed by atoms with Crippen molar-refractivity contribution in [2.24, 2.45) is 0 Å². The number of aromatic amines is 1. The number of ether oxygens (including phenoxy) is 2. The van der Waals surface area contributed by atoms with Gasteiger partial charge >= 0.3 is 0 Å². The maximum Gasteiger partial charge on any atom is 0.246 e. The Morgan fingerprint density at radius 3 is 2.83 bits per heavy atom. The number of nitrogens with zero attached hydrogens (tertiary/aromatic N) is 2. The van der Waals surface area contributed by atoms with Gasteiger partial charge in [-0.25, -0.2) is 0 Å². The summed E-state index contributed by atoms with van der Waals surface area (Å²) in [5.74, 6) is 1.40. The largest absolute Gasteiger partial charge is 0.454 e. The van der Waals surface area contributed by atoms with Crippen LogP contribution in [0.3, 0.4) is 0 Å². The van der Waals surface area contributed by atoms with Crippen molar-refractivity contribution in [1.82, 2.24) is 15.1 Å². The molecule has 0 atom stereocenters. The van der Waals surface area contributed by atoms with Gasteiger partial charge in [0.1, 0.15) is 0 Å². The maximum atomic E-state index is 12.8. The summed E-state index contributed by atoms with van der Waals surface area (Å²) in [6.45, 7) is 1.41. The highest BCUT2D eigenvalue weighted by Crippen LogP contribution is 2.33. The number of amides is 1. The minimum Gasteiger partial charge on any atom is -0.454 e. The average molecular weight is 408 g/mol. The van der Waals surface area contributed by atoms with Crippen molar-refractivity contribution in [3.05, 3.63) is 70.4 Å². The molecular weight excluding hydrogens is 390 g/mol. The first-order valence-electron chi connectivity index (χ1n) is 9.36. The second kappa shape index (κ2) is 7.29. The summed E-state index contributed by atoms with van der Waals surface area (Å²) >= 11 is 5.99. The first-order valence-corrected chi connectivity index (χ1v) is 9.74. The zero-order valence-electron chi connectivity index (χ0n) is 15.5. The lowest BCUT2D eigenvalue weighted by atomic mass is 10.0. The molecule has 0 saturated carbocycles. The summed E-state index contributed by atoms with van der Waals surface area (Å²) in [5.41, 5.74) is 4.89. The number of H-pyrrole nitrogens is 1. The molecule has 2 aromatic carbocycles. The third-order valence-corrected chi connectivity index (χ3v) is 5.43. The number of hydrogen-bond acceptors (Lipinski definition) is 4. The van der Waals surface area contributed by atoms with Crippen LogP contribution in [0.1, 0.15) is 16.8 Å². The van der Waals surface area contributed by atoms with Crippen LogP contribution in [0.5, 0.6) is 11.5 Å². The molecule has 0 fully saturated rings. The van der Waals surface area contributed by atoms with E-state index in [1.165, 1.54) is 0 Å². The Labute approximate surface area is 172 Å². The minimum absolute atomic E-state index is 0.0310. The number of rotatable bonds is 3. The Kier molecular flexibility index (Phi) is 4.48. The third-order valence-electron chi connectivity index (χ3n) is 5.18. The Morgan fingerprint density at radius 2 is 1.97 bits per heavy atom. The molecule has 7 heteroatoms. The Bertz CT molecular complexity index is 1100. The van der Waals surface area contributed by atoms with E-state index in [9.17, 15) is 4.79 Å². The molecule has 29 heavy (non-hydrogen) atoms. The van der Waals surface area contributed by atoms with Gasteiger partial charge in [-0.2, -0.15) is 5.10 Å². The molecular formula is C22H18ClN3O3. The third kappa shape index (κ3) is 3.47. The zero-order chi connectivity index (χ0) is 19.8. The molecule has 2 aliphatic rings. The van der Waals surface area contributed by atoms with E-state index in [1.807, 2.05) is 47.4 Å². The topological polar surface area (TPSA) is 67.5 Å². The lowest BCUT2D eigenvalue weighted by Crippen LogP contribution is -2.34. The van der Waals surface area contributed by atoms with Gasteiger partial charge in [0.15, 0.2) is 11.5 Å². The molecule has 0 spiro atoms. The fourth-order valence-electron chi connectivity index (χ4n) is 3.62. The van der Waals surface area contributed by atoms with E-state index in [0.29, 0.717) is 23.9 Å². The van der Waals surface area contributed by atoms with Crippen molar-refractivity contribution in [1.29, 1.82) is 0 Å². The van der Waals surface area contributed by atoms with E-state index in [1.54, 1.807) is 12.2 Å². The smallest absolute Gasteiger partial charge is 0.246 e. The molecule has 1 N–H and O–H groups in total. The van der Waals surface area contributed by atoms with Crippen LogP contribution in [0.15, 0.2) is 48.5 Å². The summed E-state index contributed by atoms with van der Waals surface area (Å²) in [7, 11) is 0. The van der Waals surface area contributed by atoms with E-state index in [-0.39, 0.29) is 12.7 Å². The summed E-state index contributed by atoms with van der Waals surface area (Å²) in [6.07, 6.45) is 4.15. The standard InChI is InChI=1S/C22H18ClN3O3/c23-16-5-3-15(4-6-16)22-17-12-26(10-9-18(17)24-25-22)21(27)8-2-14-1-7-19-20(11-14)29-13-28-19/h1-8,11H,9-10,12-13H2,(H,24,25). The fourth-order valence-corrected chi connectivity index (χ4v) is 3.75. The second-order valence-corrected chi connectivity index (χ2v) is 7.43. The number of halogens is 1. The van der Waals surface area contributed by atoms with Crippen LogP contribution in [0, 0.1) is 0 Å². The number of aromatic nitrogens is 2. The average Bonchev–Trinajstić information content (AvgIpc) is 3.38. The van der Waals surface area contributed by atoms with Gasteiger partial charge in [0.05, 0.1) is 5.69 Å². The molecule has 3 aromatic rings. The number of carbonyl (C=O) groups is 1. The number of fused-ring (bicyclic) bond motifs is 2. The van der Waals surface area contributed by atoms with Crippen molar-refractivity contribution >= 4 is 23.6 Å². The molecule has 1 amide bonds. The molecule has 0 bridgehead atoms. The van der Waals surface area contributed by atoms with Gasteiger partial charge in [0, 0.05) is 47.4 Å². The number of carbonyl (C=O) groups excluding carboxylic acids is 1. The van der Waals surface area contributed by atoms with Crippen molar-refractivity contribution < 1.29 is 14.3 Å².